The van der Waals surface area contributed by atoms with E-state index >= 15 is 4.79 Å². The maximum absolute atomic E-state index is 15.6. The predicted molar refractivity (Wildman–Crippen MR) is 298 cm³/mol. The number of hydrogen-bond acceptors (Lipinski definition) is 21. The van der Waals surface area contributed by atoms with Crippen molar-refractivity contribution in [3.05, 3.63) is 68.5 Å². The third kappa shape index (κ3) is 11.8. The van der Waals surface area contributed by atoms with Gasteiger partial charge in [0.2, 0.25) is 11.3 Å². The molecule has 9 aliphatic rings. The highest BCUT2D eigenvalue weighted by Gasteiger charge is 2.64. The zero-order valence-electron chi connectivity index (χ0n) is 50.6. The van der Waals surface area contributed by atoms with Crippen LogP contribution in [0.2, 0.25) is 0 Å². The number of aliphatic hydroxyl groups is 5. The molecule has 0 aromatic rings. The van der Waals surface area contributed by atoms with Crippen molar-refractivity contribution in [1.82, 2.24) is 5.32 Å². The lowest BCUT2D eigenvalue weighted by Crippen LogP contribution is -2.65. The molecule has 23 heteroatoms. The molecule has 5 saturated heterocycles. The summed E-state index contributed by atoms with van der Waals surface area (Å²) in [4.78, 5) is 55.1. The van der Waals surface area contributed by atoms with Crippen molar-refractivity contribution < 1.29 is 96.9 Å². The van der Waals surface area contributed by atoms with E-state index in [0.717, 1.165) is 5.57 Å². The number of methoxy groups -OCH3 is 2. The number of nitrogens with zero attached hydrogens (tertiary/aromatic N) is 1. The van der Waals surface area contributed by atoms with Gasteiger partial charge in [0.05, 0.1) is 75.1 Å². The molecule has 1 saturated carbocycles. The molecule has 1 spiro atoms. The minimum Gasteiger partial charge on any atom is -0.511 e. The second kappa shape index (κ2) is 25.1. The normalized spacial score (nSPS) is 49.3. The van der Waals surface area contributed by atoms with Crippen LogP contribution in [0.1, 0.15) is 121 Å². The van der Waals surface area contributed by atoms with Gasteiger partial charge in [-0.15, -0.1) is 0 Å². The van der Waals surface area contributed by atoms with Gasteiger partial charge in [0.15, 0.2) is 30.8 Å². The molecule has 27 atom stereocenters. The van der Waals surface area contributed by atoms with E-state index in [2.05, 4.69) is 25.2 Å². The maximum atomic E-state index is 15.6. The number of ketones is 1. The Bertz CT molecular complexity index is 2600. The van der Waals surface area contributed by atoms with Crippen molar-refractivity contribution >= 4 is 17.8 Å². The zero-order chi connectivity index (χ0) is 61.2. The van der Waals surface area contributed by atoms with E-state index in [1.54, 1.807) is 46.8 Å². The summed E-state index contributed by atoms with van der Waals surface area (Å²) in [6, 6.07) is -1.08. The SMILES string of the molecule is COC(=O)N[C@H]1[C@@H](C)O[C@@H](O[C@H]2C/C=C(\C)[C@@H]3C=C[C@@H]4[C@@H](O[C@H]5C[C@@H](O[C@H]6C[C@@H](O)[C@@H](O[C@@H]7C[C@@H](O)[C@@H](OC)[C@H](C)O7)[C@H](C)O6)[C@@H](O)[C@H](C)O5)[C@@H](C)C[C@H](C)[C@H]4[C@]3(C)/C(O)=C3\C(=O)O[C@]4(C[C@@H](C)C(CO)=C[C@H]4/C=C/2C)C3=O)C[C@]1(C)[N+](=O)[O-]. The first-order valence-electron chi connectivity index (χ1n) is 30.0. The maximum Gasteiger partial charge on any atom is 0.407 e. The Morgan fingerprint density at radius 2 is 1.38 bits per heavy atom. The number of amides is 1. The van der Waals surface area contributed by atoms with E-state index in [1.165, 1.54) is 21.1 Å². The van der Waals surface area contributed by atoms with Gasteiger partial charge in [0.25, 0.3) is 0 Å². The quantitative estimate of drug-likeness (QED) is 0.0457. The van der Waals surface area contributed by atoms with Crippen molar-refractivity contribution in [1.29, 1.82) is 0 Å². The van der Waals surface area contributed by atoms with E-state index in [0.29, 0.717) is 17.6 Å². The molecule has 0 unspecified atom stereocenters. The number of esters is 1. The number of Topliss-reactive ketones (excluding diaryl/α,β-unsaturated/α-hetero) is 1. The van der Waals surface area contributed by atoms with Gasteiger partial charge in [-0.2, -0.15) is 0 Å². The zero-order valence-corrected chi connectivity index (χ0v) is 50.6. The molecule has 6 N–H and O–H groups in total. The molecular formula is C61H90N2O21. The van der Waals surface area contributed by atoms with Crippen LogP contribution in [0.3, 0.4) is 0 Å². The van der Waals surface area contributed by atoms with Gasteiger partial charge in [-0.25, -0.2) is 9.59 Å². The Balaban J connectivity index is 1.01. The van der Waals surface area contributed by atoms with Gasteiger partial charge in [-0.1, -0.05) is 63.6 Å². The van der Waals surface area contributed by atoms with Crippen molar-refractivity contribution in [2.24, 2.45) is 46.8 Å². The molecule has 0 radical (unpaired) electrons. The van der Waals surface area contributed by atoms with Crippen LogP contribution in [0.4, 0.5) is 4.79 Å². The molecule has 0 aromatic heterocycles. The van der Waals surface area contributed by atoms with Crippen molar-refractivity contribution in [3.8, 4) is 0 Å². The lowest BCUT2D eigenvalue weighted by molar-refractivity contribution is -0.584. The van der Waals surface area contributed by atoms with Crippen LogP contribution in [-0.4, -0.2) is 185 Å². The molecule has 23 nitrogen and oxygen atoms in total. The number of alkyl carbamates (subject to hydrolysis) is 1. The van der Waals surface area contributed by atoms with Crippen molar-refractivity contribution in [3.63, 3.8) is 0 Å². The number of fused-ring (bicyclic) bond motifs is 4. The average molecular weight is 1190 g/mol. The number of aliphatic hydroxyl groups excluding tert-OH is 5. The summed E-state index contributed by atoms with van der Waals surface area (Å²) in [7, 11) is 2.67. The third-order valence-corrected chi connectivity index (χ3v) is 20.3. The predicted octanol–water partition coefficient (Wildman–Crippen LogP) is 5.57. The van der Waals surface area contributed by atoms with Gasteiger partial charge >= 0.3 is 12.1 Å². The number of carbonyl (C=O) groups excluding carboxylic acids is 3. The van der Waals surface area contributed by atoms with Gasteiger partial charge in [-0.05, 0) is 89.2 Å². The third-order valence-electron chi connectivity index (χ3n) is 20.3. The van der Waals surface area contributed by atoms with Crippen LogP contribution < -0.4 is 5.32 Å². The summed E-state index contributed by atoms with van der Waals surface area (Å²) < 4.78 is 68.0. The second-order valence-electron chi connectivity index (χ2n) is 25.9. The molecule has 4 aliphatic carbocycles. The molecule has 0 aromatic carbocycles. The molecular weight excluding hydrogens is 1100 g/mol. The number of rotatable bonds is 12. The van der Waals surface area contributed by atoms with Crippen LogP contribution in [0.15, 0.2) is 58.4 Å². The fourth-order valence-corrected chi connectivity index (χ4v) is 15.8. The van der Waals surface area contributed by atoms with Crippen LogP contribution in [0.25, 0.3) is 0 Å². The van der Waals surface area contributed by atoms with E-state index < -0.39 is 185 Å². The van der Waals surface area contributed by atoms with Gasteiger partial charge in [-0.3, -0.25) is 14.9 Å². The van der Waals surface area contributed by atoms with Gasteiger partial charge in [0, 0.05) is 67.8 Å². The molecule has 470 valence electrons. The molecule has 84 heavy (non-hydrogen) atoms. The molecule has 6 fully saturated rings. The topological polar surface area (TPSA) is 309 Å². The standard InChI is InChI=1S/C61H90N2O21/c1-27-14-17-42(80-47-25-59(10,63(72)73)54(35(9)79-47)62-58(71)75-13)28(2)19-37-20-36(26-64)31(5)24-61(37)56(69)48(57(70)84-61)55(68)60(11)39(27)16-15-38-49(60)29(3)18-30(4)51(38)82-46-23-43(50(67)32(6)76-46)81-44-22-41(66)53(34(8)78-44)83-45-21-40(65)52(74-12)33(7)77-45/h14-16,19-20,29-35,37-47,49-54,64-68H,17-18,21-26H2,1-13H3,(H,62,71)/b27-14+,28-19+,55-48+/t29-,30-,31+,32-,33-,34-,35+,37+,38-,39-,40+,41+,42-,43+,44-,45+,46-,47-,49+,50-,51-,52-,53-,54-,59-,60+,61-/m0/s1. The summed E-state index contributed by atoms with van der Waals surface area (Å²) in [6.07, 6.45) is -3.57. The molecule has 5 aliphatic heterocycles. The Kier molecular flexibility index (Phi) is 19.2. The largest absolute Gasteiger partial charge is 0.511 e. The molecule has 5 heterocycles. The Morgan fingerprint density at radius 3 is 2.01 bits per heavy atom. The number of nitro groups is 1. The van der Waals surface area contributed by atoms with Crippen LogP contribution in [0, 0.1) is 57.0 Å². The highest BCUT2D eigenvalue weighted by atomic mass is 16.7. The summed E-state index contributed by atoms with van der Waals surface area (Å²) in [5.41, 5.74) is -3.37. The lowest BCUT2D eigenvalue weighted by Gasteiger charge is -2.56. The first-order valence-corrected chi connectivity index (χ1v) is 30.0. The average Bonchev–Trinajstić information content (AvgIpc) is 2.80. The highest BCUT2D eigenvalue weighted by molar-refractivity contribution is 6.26. The number of carbonyl (C=O) groups is 3. The highest BCUT2D eigenvalue weighted by Crippen LogP contribution is 2.61. The smallest absolute Gasteiger partial charge is 0.407 e. The number of nitrogens with one attached hydrogen (secondary N) is 1. The van der Waals surface area contributed by atoms with E-state index in [-0.39, 0.29) is 57.0 Å². The number of allylic oxidation sites excluding steroid dienone is 3. The number of ether oxygens (including phenoxy) is 11. The minimum atomic E-state index is -1.82. The summed E-state index contributed by atoms with van der Waals surface area (Å²) in [6.45, 7) is 19.6. The fraction of sp³-hybridized carbons (Fsp3) is 0.787. The van der Waals surface area contributed by atoms with Crippen LogP contribution >= 0.6 is 0 Å². The fourth-order valence-electron chi connectivity index (χ4n) is 15.8. The van der Waals surface area contributed by atoms with Crippen LogP contribution in [-0.2, 0) is 61.7 Å². The minimum absolute atomic E-state index is 0.00457. The Hall–Kier alpha value is -4.21. The Labute approximate surface area is 491 Å². The van der Waals surface area contributed by atoms with Crippen molar-refractivity contribution in [2.75, 3.05) is 20.8 Å². The van der Waals surface area contributed by atoms with Gasteiger partial charge < -0.3 is 83.0 Å². The number of hydrogen-bond donors (Lipinski definition) is 6. The second-order valence-corrected chi connectivity index (χ2v) is 25.9. The van der Waals surface area contributed by atoms with E-state index in [4.69, 9.17) is 52.1 Å². The van der Waals surface area contributed by atoms with Crippen molar-refractivity contribution in [2.45, 2.75) is 237 Å². The van der Waals surface area contributed by atoms with E-state index in [1.807, 2.05) is 32.9 Å². The first kappa shape index (κ1) is 64.3. The molecule has 1 amide bonds. The summed E-state index contributed by atoms with van der Waals surface area (Å²) in [5, 5.41) is 72.9. The van der Waals surface area contributed by atoms with E-state index in [9.17, 15) is 45.2 Å². The summed E-state index contributed by atoms with van der Waals surface area (Å²) >= 11 is 0. The summed E-state index contributed by atoms with van der Waals surface area (Å²) in [5.74, 6) is -5.10. The molecule has 2 bridgehead atoms. The molecule has 9 rings (SSSR count). The lowest BCUT2D eigenvalue weighted by atomic mass is 9.49. The van der Waals surface area contributed by atoms with Gasteiger partial charge in [0.1, 0.15) is 35.7 Å². The Morgan fingerprint density at radius 1 is 0.762 bits per heavy atom. The monoisotopic (exact) mass is 1190 g/mol. The van der Waals surface area contributed by atoms with Crippen LogP contribution in [0.5, 0.6) is 0 Å². The first-order chi connectivity index (χ1) is 39.6.